The number of halogens is 1. The largest absolute Gasteiger partial charge is 0.379 e. The van der Waals surface area contributed by atoms with Crippen molar-refractivity contribution in [2.45, 2.75) is 18.9 Å². The predicted octanol–water partition coefficient (Wildman–Crippen LogP) is 1.17. The Balaban J connectivity index is 2.38. The van der Waals surface area contributed by atoms with Crippen LogP contribution >= 0.6 is 11.8 Å². The highest BCUT2D eigenvalue weighted by Gasteiger charge is 2.12. The van der Waals surface area contributed by atoms with Crippen LogP contribution in [-0.4, -0.2) is 23.6 Å². The molecule has 1 atom stereocenters. The van der Waals surface area contributed by atoms with Gasteiger partial charge in [-0.25, -0.2) is 0 Å². The minimum Gasteiger partial charge on any atom is -0.379 e. The van der Waals surface area contributed by atoms with Gasteiger partial charge in [0, 0.05) is 5.75 Å². The van der Waals surface area contributed by atoms with Crippen LogP contribution < -0.4 is 5.73 Å². The zero-order valence-electron chi connectivity index (χ0n) is 5.72. The number of nitrogens with two attached hydrogens (primary N) is 1. The van der Waals surface area contributed by atoms with E-state index in [1.807, 2.05) is 0 Å². The molecule has 0 aromatic rings. The van der Waals surface area contributed by atoms with Crippen LogP contribution in [0.1, 0.15) is 12.8 Å². The fraction of sp³-hybridized carbons (Fsp3) is 0.833. The minimum absolute atomic E-state index is 0.145. The van der Waals surface area contributed by atoms with Crippen LogP contribution in [0.25, 0.3) is 0 Å². The summed E-state index contributed by atoms with van der Waals surface area (Å²) in [5.41, 5.74) is 5.45. The van der Waals surface area contributed by atoms with Gasteiger partial charge in [-0.15, -0.1) is 0 Å². The van der Waals surface area contributed by atoms with Gasteiger partial charge in [-0.3, -0.25) is 9.38 Å². The molecule has 2 N–H and O–H groups in total. The molecule has 0 aromatic carbocycles. The molecule has 1 heterocycles. The summed E-state index contributed by atoms with van der Waals surface area (Å²) >= 11 is 1.55. The van der Waals surface area contributed by atoms with Gasteiger partial charge < -0.3 is 5.73 Å². The maximum absolute atomic E-state index is 11.8. The first-order valence-electron chi connectivity index (χ1n) is 3.35. The van der Waals surface area contributed by atoms with Gasteiger partial charge in [0.2, 0.25) is 0 Å². The van der Waals surface area contributed by atoms with Gasteiger partial charge in [0.1, 0.15) is 0 Å². The summed E-state index contributed by atoms with van der Waals surface area (Å²) < 4.78 is 11.8. The Morgan fingerprint density at radius 3 is 3.20 bits per heavy atom. The number of amidine groups is 1. The molecule has 10 heavy (non-hydrogen) atoms. The summed E-state index contributed by atoms with van der Waals surface area (Å²) in [7, 11) is 0. The van der Waals surface area contributed by atoms with Crippen molar-refractivity contribution in [2.75, 3.05) is 12.4 Å². The number of aliphatic imine (C=N–C) groups is 1. The lowest BCUT2D eigenvalue weighted by molar-refractivity contribution is 0.433. The molecule has 1 unspecified atom stereocenters. The molecule has 0 saturated heterocycles. The van der Waals surface area contributed by atoms with E-state index in [1.165, 1.54) is 0 Å². The Kier molecular flexibility index (Phi) is 2.99. The molecule has 1 aliphatic rings. The van der Waals surface area contributed by atoms with Crippen LogP contribution in [0.4, 0.5) is 4.39 Å². The molecular formula is C6H11FN2S. The summed E-state index contributed by atoms with van der Waals surface area (Å²) in [6, 6.07) is 0.145. The number of thioether (sulfide) groups is 1. The van der Waals surface area contributed by atoms with E-state index < -0.39 is 0 Å². The van der Waals surface area contributed by atoms with Gasteiger partial charge in [-0.2, -0.15) is 0 Å². The van der Waals surface area contributed by atoms with Crippen LogP contribution in [0.3, 0.4) is 0 Å². The lowest BCUT2D eigenvalue weighted by atomic mass is 10.2. The summed E-state index contributed by atoms with van der Waals surface area (Å²) in [6.45, 7) is -0.286. The van der Waals surface area contributed by atoms with Crippen LogP contribution in [0.15, 0.2) is 4.99 Å². The standard InChI is InChI=1S/C6H11FN2S/c7-3-1-5-2-4-10-6(8)9-5/h5H,1-4H2,(H2,8,9). The smallest absolute Gasteiger partial charge is 0.154 e. The molecule has 1 rings (SSSR count). The molecule has 0 saturated carbocycles. The lowest BCUT2D eigenvalue weighted by Gasteiger charge is -2.15. The average Bonchev–Trinajstić information content (AvgIpc) is 1.88. The van der Waals surface area contributed by atoms with Crippen molar-refractivity contribution in [3.05, 3.63) is 0 Å². The zero-order chi connectivity index (χ0) is 7.40. The first-order valence-corrected chi connectivity index (χ1v) is 4.33. The van der Waals surface area contributed by atoms with Crippen LogP contribution in [0.5, 0.6) is 0 Å². The summed E-state index contributed by atoms with van der Waals surface area (Å²) in [6.07, 6.45) is 1.50. The van der Waals surface area contributed by atoms with Crippen LogP contribution in [-0.2, 0) is 0 Å². The van der Waals surface area contributed by atoms with Crippen LogP contribution in [0.2, 0.25) is 0 Å². The van der Waals surface area contributed by atoms with E-state index in [1.54, 1.807) is 11.8 Å². The quantitative estimate of drug-likeness (QED) is 0.661. The maximum atomic E-state index is 11.8. The molecule has 0 amide bonds. The molecule has 4 heteroatoms. The third-order valence-corrected chi connectivity index (χ3v) is 2.29. The van der Waals surface area contributed by atoms with Gasteiger partial charge in [0.05, 0.1) is 12.7 Å². The minimum atomic E-state index is -0.286. The average molecular weight is 162 g/mol. The topological polar surface area (TPSA) is 38.4 Å². The molecule has 0 fully saturated rings. The van der Waals surface area contributed by atoms with E-state index in [0.29, 0.717) is 11.6 Å². The van der Waals surface area contributed by atoms with Crippen molar-refractivity contribution in [3.63, 3.8) is 0 Å². The van der Waals surface area contributed by atoms with Crippen molar-refractivity contribution >= 4 is 16.9 Å². The zero-order valence-corrected chi connectivity index (χ0v) is 6.53. The van der Waals surface area contributed by atoms with Crippen molar-refractivity contribution in [3.8, 4) is 0 Å². The van der Waals surface area contributed by atoms with Crippen molar-refractivity contribution < 1.29 is 4.39 Å². The number of hydrogen-bond acceptors (Lipinski definition) is 3. The fourth-order valence-corrected chi connectivity index (χ4v) is 1.74. The SMILES string of the molecule is NC1=NC(CCF)CCS1. The third-order valence-electron chi connectivity index (χ3n) is 1.45. The Morgan fingerprint density at radius 2 is 2.60 bits per heavy atom. The Hall–Kier alpha value is -0.250. The van der Waals surface area contributed by atoms with E-state index in [4.69, 9.17) is 5.73 Å². The summed E-state index contributed by atoms with van der Waals surface area (Å²) in [4.78, 5) is 4.09. The van der Waals surface area contributed by atoms with Crippen molar-refractivity contribution in [2.24, 2.45) is 10.7 Å². The predicted molar refractivity (Wildman–Crippen MR) is 43.1 cm³/mol. The first kappa shape index (κ1) is 7.85. The van der Waals surface area contributed by atoms with E-state index >= 15 is 0 Å². The number of rotatable bonds is 2. The molecule has 0 spiro atoms. The maximum Gasteiger partial charge on any atom is 0.154 e. The van der Waals surface area contributed by atoms with Gasteiger partial charge in [-0.05, 0) is 12.8 Å². The Labute approximate surface area is 64.1 Å². The number of alkyl halides is 1. The molecule has 58 valence electrons. The summed E-state index contributed by atoms with van der Waals surface area (Å²) in [5.74, 6) is 0.986. The number of nitrogens with zero attached hydrogens (tertiary/aromatic N) is 1. The van der Waals surface area contributed by atoms with Gasteiger partial charge in [0.25, 0.3) is 0 Å². The van der Waals surface area contributed by atoms with E-state index in [-0.39, 0.29) is 12.7 Å². The van der Waals surface area contributed by atoms with Gasteiger partial charge in [0.15, 0.2) is 5.17 Å². The second-order valence-corrected chi connectivity index (χ2v) is 3.35. The molecule has 0 aliphatic carbocycles. The van der Waals surface area contributed by atoms with Gasteiger partial charge in [-0.1, -0.05) is 11.8 Å². The number of hydrogen-bond donors (Lipinski definition) is 1. The molecule has 0 aromatic heterocycles. The third kappa shape index (κ3) is 2.17. The van der Waals surface area contributed by atoms with Crippen molar-refractivity contribution in [1.29, 1.82) is 0 Å². The second kappa shape index (κ2) is 3.81. The van der Waals surface area contributed by atoms with E-state index in [2.05, 4.69) is 4.99 Å². The summed E-state index contributed by atoms with van der Waals surface area (Å²) in [5, 5.41) is 0.615. The highest BCUT2D eigenvalue weighted by Crippen LogP contribution is 2.16. The highest BCUT2D eigenvalue weighted by atomic mass is 32.2. The van der Waals surface area contributed by atoms with Crippen molar-refractivity contribution in [1.82, 2.24) is 0 Å². The van der Waals surface area contributed by atoms with E-state index in [0.717, 1.165) is 12.2 Å². The Morgan fingerprint density at radius 1 is 1.80 bits per heavy atom. The fourth-order valence-electron chi connectivity index (χ4n) is 0.916. The molecule has 1 aliphatic heterocycles. The molecular weight excluding hydrogens is 151 g/mol. The first-order chi connectivity index (χ1) is 4.83. The van der Waals surface area contributed by atoms with Crippen LogP contribution in [0, 0.1) is 0 Å². The normalized spacial score (nSPS) is 26.1. The molecule has 0 radical (unpaired) electrons. The highest BCUT2D eigenvalue weighted by molar-refractivity contribution is 8.13. The second-order valence-electron chi connectivity index (χ2n) is 2.24. The Bertz CT molecular complexity index is 138. The monoisotopic (exact) mass is 162 g/mol. The van der Waals surface area contributed by atoms with E-state index in [9.17, 15) is 4.39 Å². The molecule has 2 nitrogen and oxygen atoms in total. The lowest BCUT2D eigenvalue weighted by Crippen LogP contribution is -2.20. The van der Waals surface area contributed by atoms with Gasteiger partial charge >= 0.3 is 0 Å². The molecule has 0 bridgehead atoms.